The molecule has 1 aromatic carbocycles. The zero-order chi connectivity index (χ0) is 9.52. The molecule has 1 rings (SSSR count). The lowest BCUT2D eigenvalue weighted by atomic mass is 10.1. The molecule has 0 spiro atoms. The molecule has 0 atom stereocenters. The van der Waals surface area contributed by atoms with Gasteiger partial charge < -0.3 is 0 Å². The van der Waals surface area contributed by atoms with E-state index in [0.29, 0.717) is 0 Å². The normalized spacial score (nSPS) is 10.3. The third-order valence-corrected chi connectivity index (χ3v) is 2.15. The molecule has 0 bridgehead atoms. The van der Waals surface area contributed by atoms with Crippen LogP contribution in [0.1, 0.15) is 30.9 Å². The maximum absolute atomic E-state index is 5.23. The summed E-state index contributed by atoms with van der Waals surface area (Å²) in [5.41, 5.74) is 5.30. The fourth-order valence-corrected chi connectivity index (χ4v) is 1.32. The van der Waals surface area contributed by atoms with Crippen LogP contribution in [0.15, 0.2) is 24.3 Å². The van der Waals surface area contributed by atoms with Gasteiger partial charge in [0, 0.05) is 6.54 Å². The van der Waals surface area contributed by atoms with Gasteiger partial charge in [0.05, 0.1) is 0 Å². The van der Waals surface area contributed by atoms with Crippen molar-refractivity contribution in [2.75, 3.05) is 0 Å². The van der Waals surface area contributed by atoms with Crippen molar-refractivity contribution < 1.29 is 0 Å². The molecule has 1 aromatic rings. The summed E-state index contributed by atoms with van der Waals surface area (Å²) < 4.78 is 0. The smallest absolute Gasteiger partial charge is 0.0348 e. The molecule has 0 unspecified atom stereocenters. The van der Waals surface area contributed by atoms with Crippen molar-refractivity contribution in [3.63, 3.8) is 0 Å². The Bertz CT molecular complexity index is 228. The molecule has 0 aromatic heterocycles. The molecule has 0 saturated heterocycles. The topological polar surface area (TPSA) is 38.0 Å². The van der Waals surface area contributed by atoms with E-state index in [2.05, 4.69) is 36.6 Å². The van der Waals surface area contributed by atoms with E-state index in [-0.39, 0.29) is 0 Å². The van der Waals surface area contributed by atoms with Crippen LogP contribution >= 0.6 is 0 Å². The number of nitrogens with one attached hydrogen (secondary N) is 1. The predicted octanol–water partition coefficient (Wildman–Crippen LogP) is 1.99. The van der Waals surface area contributed by atoms with Gasteiger partial charge in [0.25, 0.3) is 0 Å². The van der Waals surface area contributed by atoms with Gasteiger partial charge in [-0.3, -0.25) is 11.3 Å². The first kappa shape index (κ1) is 10.2. The zero-order valence-corrected chi connectivity index (χ0v) is 8.22. The highest BCUT2D eigenvalue weighted by Crippen LogP contribution is 2.07. The van der Waals surface area contributed by atoms with E-state index in [1.165, 1.54) is 30.4 Å². The number of nitrogens with two attached hydrogens (primary N) is 1. The summed E-state index contributed by atoms with van der Waals surface area (Å²) in [6.07, 6.45) is 3.72. The van der Waals surface area contributed by atoms with Crippen LogP contribution < -0.4 is 11.3 Å². The summed E-state index contributed by atoms with van der Waals surface area (Å²) in [6, 6.07) is 8.63. The number of hydrogen-bond donors (Lipinski definition) is 2. The average Bonchev–Trinajstić information content (AvgIpc) is 2.17. The number of aryl methyl sites for hydroxylation is 1. The molecule has 0 heterocycles. The summed E-state index contributed by atoms with van der Waals surface area (Å²) in [6.45, 7) is 2.96. The molecular weight excluding hydrogens is 160 g/mol. The minimum absolute atomic E-state index is 0.744. The monoisotopic (exact) mass is 178 g/mol. The van der Waals surface area contributed by atoms with Crippen LogP contribution in [0.25, 0.3) is 0 Å². The summed E-state index contributed by atoms with van der Waals surface area (Å²) in [4.78, 5) is 0. The molecule has 72 valence electrons. The first-order valence-electron chi connectivity index (χ1n) is 4.88. The van der Waals surface area contributed by atoms with Gasteiger partial charge in [0.15, 0.2) is 0 Å². The predicted molar refractivity (Wildman–Crippen MR) is 56.1 cm³/mol. The number of benzene rings is 1. The molecule has 0 aliphatic carbocycles. The molecule has 0 radical (unpaired) electrons. The molecule has 0 saturated carbocycles. The zero-order valence-electron chi connectivity index (χ0n) is 8.22. The molecule has 2 nitrogen and oxygen atoms in total. The molecule has 3 N–H and O–H groups in total. The van der Waals surface area contributed by atoms with E-state index in [9.17, 15) is 0 Å². The van der Waals surface area contributed by atoms with E-state index < -0.39 is 0 Å². The quantitative estimate of drug-likeness (QED) is 0.534. The third-order valence-electron chi connectivity index (χ3n) is 2.15. The second kappa shape index (κ2) is 5.73. The van der Waals surface area contributed by atoms with Crippen molar-refractivity contribution in [3.05, 3.63) is 35.4 Å². The Labute approximate surface area is 80.1 Å². The van der Waals surface area contributed by atoms with Gasteiger partial charge in [0.2, 0.25) is 0 Å². The minimum Gasteiger partial charge on any atom is -0.271 e. The van der Waals surface area contributed by atoms with E-state index in [1.54, 1.807) is 0 Å². The molecular formula is C11H18N2. The summed E-state index contributed by atoms with van der Waals surface area (Å²) >= 11 is 0. The van der Waals surface area contributed by atoms with Gasteiger partial charge in [-0.2, -0.15) is 0 Å². The number of hydrogen-bond acceptors (Lipinski definition) is 2. The SMILES string of the molecule is CCCCc1ccc(CNN)cc1. The second-order valence-corrected chi connectivity index (χ2v) is 3.30. The van der Waals surface area contributed by atoms with Crippen molar-refractivity contribution in [3.8, 4) is 0 Å². The van der Waals surface area contributed by atoms with E-state index in [1.807, 2.05) is 0 Å². The van der Waals surface area contributed by atoms with Gasteiger partial charge in [-0.25, -0.2) is 0 Å². The molecule has 13 heavy (non-hydrogen) atoms. The van der Waals surface area contributed by atoms with E-state index in [4.69, 9.17) is 5.84 Å². The highest BCUT2D eigenvalue weighted by atomic mass is 15.2. The summed E-state index contributed by atoms with van der Waals surface area (Å²) in [5, 5.41) is 0. The lowest BCUT2D eigenvalue weighted by Crippen LogP contribution is -2.20. The number of rotatable bonds is 5. The highest BCUT2D eigenvalue weighted by Gasteiger charge is 1.93. The van der Waals surface area contributed by atoms with Crippen molar-refractivity contribution in [1.29, 1.82) is 0 Å². The third kappa shape index (κ3) is 3.57. The average molecular weight is 178 g/mol. The summed E-state index contributed by atoms with van der Waals surface area (Å²) in [7, 11) is 0. The van der Waals surface area contributed by atoms with Gasteiger partial charge in [0.1, 0.15) is 0 Å². The Morgan fingerprint density at radius 3 is 2.31 bits per heavy atom. The fourth-order valence-electron chi connectivity index (χ4n) is 1.32. The van der Waals surface area contributed by atoms with Gasteiger partial charge >= 0.3 is 0 Å². The summed E-state index contributed by atoms with van der Waals surface area (Å²) in [5.74, 6) is 5.23. The second-order valence-electron chi connectivity index (χ2n) is 3.30. The molecule has 0 amide bonds. The highest BCUT2D eigenvalue weighted by molar-refractivity contribution is 5.22. The molecule has 0 aliphatic rings. The van der Waals surface area contributed by atoms with Gasteiger partial charge in [-0.1, -0.05) is 37.6 Å². The van der Waals surface area contributed by atoms with Crippen molar-refractivity contribution in [2.24, 2.45) is 5.84 Å². The lowest BCUT2D eigenvalue weighted by Gasteiger charge is -2.02. The van der Waals surface area contributed by atoms with E-state index >= 15 is 0 Å². The minimum atomic E-state index is 0.744. The number of unbranched alkanes of at least 4 members (excludes halogenated alkanes) is 1. The lowest BCUT2D eigenvalue weighted by molar-refractivity contribution is 0.740. The standard InChI is InChI=1S/C11H18N2/c1-2-3-4-10-5-7-11(8-6-10)9-13-12/h5-8,13H,2-4,9,12H2,1H3. The van der Waals surface area contributed by atoms with Crippen molar-refractivity contribution in [2.45, 2.75) is 32.7 Å². The van der Waals surface area contributed by atoms with Gasteiger partial charge in [-0.15, -0.1) is 0 Å². The largest absolute Gasteiger partial charge is 0.271 e. The maximum Gasteiger partial charge on any atom is 0.0348 e. The first-order valence-corrected chi connectivity index (χ1v) is 4.88. The van der Waals surface area contributed by atoms with Crippen molar-refractivity contribution in [1.82, 2.24) is 5.43 Å². The van der Waals surface area contributed by atoms with Crippen LogP contribution in [0, 0.1) is 0 Å². The Morgan fingerprint density at radius 1 is 1.15 bits per heavy atom. The van der Waals surface area contributed by atoms with Crippen LogP contribution in [-0.4, -0.2) is 0 Å². The first-order chi connectivity index (χ1) is 6.36. The molecule has 2 heteroatoms. The van der Waals surface area contributed by atoms with Crippen LogP contribution in [0.4, 0.5) is 0 Å². The number of hydrazine groups is 1. The van der Waals surface area contributed by atoms with E-state index in [0.717, 1.165) is 6.54 Å². The van der Waals surface area contributed by atoms with Gasteiger partial charge in [-0.05, 0) is 24.0 Å². The molecule has 0 fully saturated rings. The fraction of sp³-hybridized carbons (Fsp3) is 0.455. The van der Waals surface area contributed by atoms with Crippen molar-refractivity contribution >= 4 is 0 Å². The van der Waals surface area contributed by atoms with Crippen LogP contribution in [0.2, 0.25) is 0 Å². The van der Waals surface area contributed by atoms with Crippen LogP contribution in [0.3, 0.4) is 0 Å². The van der Waals surface area contributed by atoms with Crippen LogP contribution in [-0.2, 0) is 13.0 Å². The molecule has 0 aliphatic heterocycles. The Morgan fingerprint density at radius 2 is 1.77 bits per heavy atom. The Balaban J connectivity index is 2.48. The Kier molecular flexibility index (Phi) is 4.50. The van der Waals surface area contributed by atoms with Crippen LogP contribution in [0.5, 0.6) is 0 Å². The maximum atomic E-state index is 5.23. The Hall–Kier alpha value is -0.860.